The van der Waals surface area contributed by atoms with E-state index in [1.807, 2.05) is 30.3 Å². The van der Waals surface area contributed by atoms with Crippen molar-refractivity contribution in [2.24, 2.45) is 0 Å². The topological polar surface area (TPSA) is 35.0 Å². The second-order valence-corrected chi connectivity index (χ2v) is 5.02. The van der Waals surface area contributed by atoms with Crippen LogP contribution in [0.2, 0.25) is 0 Å². The van der Waals surface area contributed by atoms with Crippen molar-refractivity contribution in [3.8, 4) is 5.75 Å². The Morgan fingerprint density at radius 3 is 2.45 bits per heavy atom. The minimum absolute atomic E-state index is 0.0160. The molecule has 0 saturated carbocycles. The number of nitrogens with zero attached hydrogens (tertiary/aromatic N) is 2. The van der Waals surface area contributed by atoms with Crippen molar-refractivity contribution >= 4 is 10.9 Å². The van der Waals surface area contributed by atoms with Crippen molar-refractivity contribution in [3.05, 3.63) is 65.1 Å². The summed E-state index contributed by atoms with van der Waals surface area (Å²) in [6, 6.07) is 10.2. The van der Waals surface area contributed by atoms with E-state index in [-0.39, 0.29) is 23.3 Å². The van der Waals surface area contributed by atoms with Crippen LogP contribution in [-0.4, -0.2) is 9.97 Å². The highest BCUT2D eigenvalue weighted by atomic mass is 19.1. The summed E-state index contributed by atoms with van der Waals surface area (Å²) in [6.45, 7) is 3.54. The molecule has 0 aliphatic rings. The Labute approximate surface area is 126 Å². The van der Waals surface area contributed by atoms with Crippen LogP contribution in [0.4, 0.5) is 8.78 Å². The van der Waals surface area contributed by atoms with E-state index in [1.54, 1.807) is 13.8 Å². The summed E-state index contributed by atoms with van der Waals surface area (Å²) >= 11 is 0. The maximum atomic E-state index is 14.1. The molecule has 3 nitrogen and oxygen atoms in total. The number of hydrogen-bond acceptors (Lipinski definition) is 3. The third kappa shape index (κ3) is 2.62. The number of aryl methyl sites for hydroxylation is 2. The number of halogens is 2. The van der Waals surface area contributed by atoms with Gasteiger partial charge >= 0.3 is 0 Å². The van der Waals surface area contributed by atoms with E-state index in [1.165, 1.54) is 0 Å². The van der Waals surface area contributed by atoms with Crippen molar-refractivity contribution in [2.45, 2.75) is 20.5 Å². The highest BCUT2D eigenvalue weighted by Crippen LogP contribution is 2.32. The van der Waals surface area contributed by atoms with Gasteiger partial charge in [0, 0.05) is 6.07 Å². The molecule has 0 atom stereocenters. The van der Waals surface area contributed by atoms with Crippen LogP contribution in [0.1, 0.15) is 17.1 Å². The van der Waals surface area contributed by atoms with E-state index in [9.17, 15) is 8.78 Å². The summed E-state index contributed by atoms with van der Waals surface area (Å²) in [4.78, 5) is 8.24. The standard InChI is InChI=1S/C17H14F2N2O/c1-10-15-16(21-11(2)20-10)13(18)8-14(19)17(15)22-9-12-6-4-3-5-7-12/h3-8H,9H2,1-2H3. The van der Waals surface area contributed by atoms with Gasteiger partial charge in [-0.2, -0.15) is 0 Å². The van der Waals surface area contributed by atoms with Crippen molar-refractivity contribution in [1.82, 2.24) is 9.97 Å². The van der Waals surface area contributed by atoms with Gasteiger partial charge in [-0.15, -0.1) is 0 Å². The molecule has 0 N–H and O–H groups in total. The predicted octanol–water partition coefficient (Wildman–Crippen LogP) is 4.10. The fourth-order valence-electron chi connectivity index (χ4n) is 2.39. The molecule has 22 heavy (non-hydrogen) atoms. The average Bonchev–Trinajstić information content (AvgIpc) is 2.48. The Balaban J connectivity index is 2.09. The Morgan fingerprint density at radius 1 is 1.00 bits per heavy atom. The van der Waals surface area contributed by atoms with Gasteiger partial charge in [0.05, 0.1) is 11.1 Å². The van der Waals surface area contributed by atoms with Gasteiger partial charge in [0.25, 0.3) is 0 Å². The maximum Gasteiger partial charge on any atom is 0.168 e. The molecule has 0 spiro atoms. The zero-order chi connectivity index (χ0) is 15.7. The molecule has 2 aromatic carbocycles. The van der Waals surface area contributed by atoms with Crippen LogP contribution in [0.3, 0.4) is 0 Å². The van der Waals surface area contributed by atoms with E-state index in [0.29, 0.717) is 11.5 Å². The highest BCUT2D eigenvalue weighted by molar-refractivity contribution is 5.88. The number of hydrogen-bond donors (Lipinski definition) is 0. The molecule has 0 aliphatic heterocycles. The largest absolute Gasteiger partial charge is 0.485 e. The van der Waals surface area contributed by atoms with Crippen LogP contribution < -0.4 is 4.74 Å². The van der Waals surface area contributed by atoms with Crippen LogP contribution in [0, 0.1) is 25.5 Å². The zero-order valence-electron chi connectivity index (χ0n) is 12.2. The van der Waals surface area contributed by atoms with Crippen LogP contribution in [0.5, 0.6) is 5.75 Å². The summed E-state index contributed by atoms with van der Waals surface area (Å²) < 4.78 is 33.7. The molecule has 0 radical (unpaired) electrons. The van der Waals surface area contributed by atoms with Crippen molar-refractivity contribution < 1.29 is 13.5 Å². The number of benzene rings is 2. The van der Waals surface area contributed by atoms with Gasteiger partial charge in [-0.05, 0) is 19.4 Å². The summed E-state index contributed by atoms with van der Waals surface area (Å²) in [7, 11) is 0. The lowest BCUT2D eigenvalue weighted by atomic mass is 10.1. The SMILES string of the molecule is Cc1nc(C)c2c(OCc3ccccc3)c(F)cc(F)c2n1. The number of fused-ring (bicyclic) bond motifs is 1. The molecule has 0 amide bonds. The minimum Gasteiger partial charge on any atom is -0.485 e. The van der Waals surface area contributed by atoms with Crippen molar-refractivity contribution in [2.75, 3.05) is 0 Å². The van der Waals surface area contributed by atoms with E-state index in [0.717, 1.165) is 11.6 Å². The van der Waals surface area contributed by atoms with E-state index in [2.05, 4.69) is 9.97 Å². The Kier molecular flexibility index (Phi) is 3.71. The van der Waals surface area contributed by atoms with Gasteiger partial charge < -0.3 is 4.74 Å². The monoisotopic (exact) mass is 300 g/mol. The van der Waals surface area contributed by atoms with Crippen LogP contribution >= 0.6 is 0 Å². The Hall–Kier alpha value is -2.56. The highest BCUT2D eigenvalue weighted by Gasteiger charge is 2.18. The molecule has 3 aromatic rings. The molecule has 112 valence electrons. The Bertz CT molecular complexity index is 835. The van der Waals surface area contributed by atoms with Crippen LogP contribution in [-0.2, 0) is 6.61 Å². The summed E-state index contributed by atoms with van der Waals surface area (Å²) in [5.41, 5.74) is 1.46. The summed E-state index contributed by atoms with van der Waals surface area (Å²) in [5.74, 6) is -1.05. The number of rotatable bonds is 3. The molecule has 5 heteroatoms. The smallest absolute Gasteiger partial charge is 0.168 e. The molecule has 0 unspecified atom stereocenters. The molecular formula is C17H14F2N2O. The fourth-order valence-corrected chi connectivity index (χ4v) is 2.39. The summed E-state index contributed by atoms with van der Waals surface area (Å²) in [5, 5.41) is 0.277. The maximum absolute atomic E-state index is 14.1. The first-order chi connectivity index (χ1) is 10.6. The first-order valence-corrected chi connectivity index (χ1v) is 6.86. The molecule has 1 aromatic heterocycles. The lowest BCUT2D eigenvalue weighted by molar-refractivity contribution is 0.293. The number of ether oxygens (including phenoxy) is 1. The minimum atomic E-state index is -0.753. The van der Waals surface area contributed by atoms with Gasteiger partial charge in [-0.3, -0.25) is 0 Å². The quantitative estimate of drug-likeness (QED) is 0.730. The van der Waals surface area contributed by atoms with Gasteiger partial charge in [0.15, 0.2) is 17.4 Å². The Morgan fingerprint density at radius 2 is 1.73 bits per heavy atom. The number of aromatic nitrogens is 2. The van der Waals surface area contributed by atoms with E-state index >= 15 is 0 Å². The average molecular weight is 300 g/mol. The lowest BCUT2D eigenvalue weighted by Gasteiger charge is -2.13. The van der Waals surface area contributed by atoms with Crippen LogP contribution in [0.15, 0.2) is 36.4 Å². The molecular weight excluding hydrogens is 286 g/mol. The second-order valence-electron chi connectivity index (χ2n) is 5.02. The second kappa shape index (κ2) is 5.67. The normalized spacial score (nSPS) is 10.9. The van der Waals surface area contributed by atoms with Crippen molar-refractivity contribution in [1.29, 1.82) is 0 Å². The molecule has 0 aliphatic carbocycles. The van der Waals surface area contributed by atoms with Crippen molar-refractivity contribution in [3.63, 3.8) is 0 Å². The van der Waals surface area contributed by atoms with E-state index < -0.39 is 11.6 Å². The molecule has 3 rings (SSSR count). The van der Waals surface area contributed by atoms with E-state index in [4.69, 9.17) is 4.74 Å². The molecule has 0 saturated heterocycles. The van der Waals surface area contributed by atoms with Gasteiger partial charge in [0.1, 0.15) is 17.9 Å². The third-order valence-electron chi connectivity index (χ3n) is 3.35. The first kappa shape index (κ1) is 14.4. The molecule has 1 heterocycles. The van der Waals surface area contributed by atoms with Gasteiger partial charge in [0.2, 0.25) is 0 Å². The zero-order valence-corrected chi connectivity index (χ0v) is 12.2. The summed E-state index contributed by atoms with van der Waals surface area (Å²) in [6.07, 6.45) is 0. The molecule has 0 fully saturated rings. The van der Waals surface area contributed by atoms with Gasteiger partial charge in [-0.1, -0.05) is 30.3 Å². The lowest BCUT2D eigenvalue weighted by Crippen LogP contribution is -2.03. The first-order valence-electron chi connectivity index (χ1n) is 6.86. The predicted molar refractivity (Wildman–Crippen MR) is 79.7 cm³/mol. The third-order valence-corrected chi connectivity index (χ3v) is 3.35. The van der Waals surface area contributed by atoms with Crippen LogP contribution in [0.25, 0.3) is 10.9 Å². The molecule has 0 bridgehead atoms. The fraction of sp³-hybridized carbons (Fsp3) is 0.176. The van der Waals surface area contributed by atoms with Gasteiger partial charge in [-0.25, -0.2) is 18.7 Å².